The summed E-state index contributed by atoms with van der Waals surface area (Å²) in [6.07, 6.45) is 5.64. The molecular weight excluding hydrogens is 330 g/mol. The summed E-state index contributed by atoms with van der Waals surface area (Å²) >= 11 is 0. The van der Waals surface area contributed by atoms with Gasteiger partial charge in [-0.15, -0.1) is 0 Å². The van der Waals surface area contributed by atoms with Crippen molar-refractivity contribution in [1.82, 2.24) is 9.88 Å². The Balaban J connectivity index is 1.66. The molecule has 2 aliphatic rings. The number of nitrogens with zero attached hydrogens (tertiary/aromatic N) is 3. The van der Waals surface area contributed by atoms with E-state index in [1.54, 1.807) is 17.3 Å². The van der Waals surface area contributed by atoms with Gasteiger partial charge in [0, 0.05) is 31.2 Å². The highest BCUT2D eigenvalue weighted by Gasteiger charge is 2.29. The molecule has 1 aromatic heterocycles. The van der Waals surface area contributed by atoms with Gasteiger partial charge in [-0.3, -0.25) is 9.78 Å². The van der Waals surface area contributed by atoms with Crippen LogP contribution in [0, 0.1) is 0 Å². The summed E-state index contributed by atoms with van der Waals surface area (Å²) < 4.78 is 4.81. The fraction of sp³-hybridized carbons (Fsp3) is 0.350. The molecule has 0 spiro atoms. The number of aryl methyl sites for hydroxylation is 1. The smallest absolute Gasteiger partial charge is 0.409 e. The normalized spacial score (nSPS) is 15.9. The van der Waals surface area contributed by atoms with Crippen molar-refractivity contribution in [1.29, 1.82) is 0 Å². The Kier molecular flexibility index (Phi) is 4.32. The number of para-hydroxylation sites is 1. The minimum Gasteiger partial charge on any atom is -0.453 e. The molecule has 26 heavy (non-hydrogen) atoms. The van der Waals surface area contributed by atoms with E-state index >= 15 is 0 Å². The third-order valence-electron chi connectivity index (χ3n) is 5.16. The van der Waals surface area contributed by atoms with Crippen molar-refractivity contribution in [2.45, 2.75) is 25.8 Å². The van der Waals surface area contributed by atoms with Crippen LogP contribution in [0.25, 0.3) is 0 Å². The largest absolute Gasteiger partial charge is 0.453 e. The van der Waals surface area contributed by atoms with Crippen molar-refractivity contribution in [3.05, 3.63) is 58.9 Å². The predicted molar refractivity (Wildman–Crippen MR) is 97.2 cm³/mol. The maximum Gasteiger partial charge on any atom is 0.409 e. The second-order valence-electron chi connectivity index (χ2n) is 6.66. The van der Waals surface area contributed by atoms with E-state index in [2.05, 4.69) is 11.1 Å². The Labute approximate surface area is 152 Å². The molecule has 0 saturated heterocycles. The average molecular weight is 351 g/mol. The maximum absolute atomic E-state index is 13.3. The van der Waals surface area contributed by atoms with Crippen LogP contribution in [0.2, 0.25) is 0 Å². The molecule has 1 aromatic carbocycles. The molecule has 0 fully saturated rings. The van der Waals surface area contributed by atoms with Crippen molar-refractivity contribution >= 4 is 17.7 Å². The van der Waals surface area contributed by atoms with Gasteiger partial charge in [0.1, 0.15) is 0 Å². The second kappa shape index (κ2) is 6.78. The molecule has 2 amide bonds. The SMILES string of the molecule is COC(=O)N1CCc2c(cncc2C(=O)N2CCCc3ccccc32)C1. The van der Waals surface area contributed by atoms with E-state index in [1.165, 1.54) is 12.7 Å². The Morgan fingerprint density at radius 1 is 1.08 bits per heavy atom. The summed E-state index contributed by atoms with van der Waals surface area (Å²) in [4.78, 5) is 32.8. The van der Waals surface area contributed by atoms with Gasteiger partial charge in [0.15, 0.2) is 0 Å². The van der Waals surface area contributed by atoms with Crippen LogP contribution in [0.3, 0.4) is 0 Å². The van der Waals surface area contributed by atoms with Gasteiger partial charge in [0.05, 0.1) is 19.2 Å². The number of ether oxygens (including phenoxy) is 1. The first-order valence-corrected chi connectivity index (χ1v) is 8.87. The lowest BCUT2D eigenvalue weighted by molar-refractivity contribution is 0.0982. The molecule has 4 rings (SSSR count). The highest BCUT2D eigenvalue weighted by atomic mass is 16.5. The molecule has 3 heterocycles. The molecule has 0 bridgehead atoms. The first-order valence-electron chi connectivity index (χ1n) is 8.87. The zero-order valence-electron chi connectivity index (χ0n) is 14.8. The number of methoxy groups -OCH3 is 1. The van der Waals surface area contributed by atoms with Gasteiger partial charge in [-0.2, -0.15) is 0 Å². The molecule has 134 valence electrons. The van der Waals surface area contributed by atoms with E-state index in [1.807, 2.05) is 23.1 Å². The van der Waals surface area contributed by atoms with Gasteiger partial charge >= 0.3 is 6.09 Å². The number of carbonyl (C=O) groups is 2. The molecule has 6 heteroatoms. The topological polar surface area (TPSA) is 62.7 Å². The van der Waals surface area contributed by atoms with Gasteiger partial charge in [0.25, 0.3) is 5.91 Å². The number of fused-ring (bicyclic) bond motifs is 2. The Morgan fingerprint density at radius 3 is 2.77 bits per heavy atom. The number of rotatable bonds is 1. The summed E-state index contributed by atoms with van der Waals surface area (Å²) in [5.74, 6) is -0.00646. The summed E-state index contributed by atoms with van der Waals surface area (Å²) in [5, 5.41) is 0. The number of pyridine rings is 1. The van der Waals surface area contributed by atoms with Crippen molar-refractivity contribution in [2.24, 2.45) is 0 Å². The third-order valence-corrected chi connectivity index (χ3v) is 5.16. The molecule has 0 N–H and O–H groups in total. The molecule has 0 saturated carbocycles. The van der Waals surface area contributed by atoms with Gasteiger partial charge in [-0.1, -0.05) is 18.2 Å². The Bertz CT molecular complexity index is 865. The first kappa shape index (κ1) is 16.6. The van der Waals surface area contributed by atoms with Crippen LogP contribution in [0.5, 0.6) is 0 Å². The van der Waals surface area contributed by atoms with Crippen molar-refractivity contribution in [3.63, 3.8) is 0 Å². The van der Waals surface area contributed by atoms with E-state index in [9.17, 15) is 9.59 Å². The number of carbonyl (C=O) groups excluding carboxylic acids is 2. The van der Waals surface area contributed by atoms with Gasteiger partial charge in [0.2, 0.25) is 0 Å². The average Bonchev–Trinajstić information content (AvgIpc) is 2.71. The van der Waals surface area contributed by atoms with E-state index < -0.39 is 0 Å². The Hall–Kier alpha value is -2.89. The van der Waals surface area contributed by atoms with Crippen LogP contribution in [-0.2, 0) is 24.1 Å². The summed E-state index contributed by atoms with van der Waals surface area (Å²) in [5.41, 5.74) is 4.75. The first-order chi connectivity index (χ1) is 12.7. The van der Waals surface area contributed by atoms with Gasteiger partial charge < -0.3 is 14.5 Å². The maximum atomic E-state index is 13.3. The summed E-state index contributed by atoms with van der Waals surface area (Å²) in [7, 11) is 1.38. The van der Waals surface area contributed by atoms with Crippen LogP contribution in [0.15, 0.2) is 36.7 Å². The lowest BCUT2D eigenvalue weighted by Gasteiger charge is -2.32. The molecular formula is C20H21N3O3. The van der Waals surface area contributed by atoms with Crippen molar-refractivity contribution < 1.29 is 14.3 Å². The number of aromatic nitrogens is 1. The Morgan fingerprint density at radius 2 is 1.92 bits per heavy atom. The minimum absolute atomic E-state index is 0.00646. The summed E-state index contributed by atoms with van der Waals surface area (Å²) in [6, 6.07) is 8.08. The van der Waals surface area contributed by atoms with Crippen LogP contribution >= 0.6 is 0 Å². The van der Waals surface area contributed by atoms with E-state index in [-0.39, 0.29) is 12.0 Å². The van der Waals surface area contributed by atoms with Crippen LogP contribution < -0.4 is 4.90 Å². The predicted octanol–water partition coefficient (Wildman–Crippen LogP) is 2.80. The van der Waals surface area contributed by atoms with E-state index in [4.69, 9.17) is 4.74 Å². The van der Waals surface area contributed by atoms with E-state index in [0.29, 0.717) is 31.6 Å². The minimum atomic E-state index is -0.350. The number of benzene rings is 1. The quantitative estimate of drug-likeness (QED) is 0.793. The summed E-state index contributed by atoms with van der Waals surface area (Å²) in [6.45, 7) is 1.68. The number of hydrogen-bond acceptors (Lipinski definition) is 4. The molecule has 0 unspecified atom stereocenters. The zero-order chi connectivity index (χ0) is 18.1. The molecule has 0 aliphatic carbocycles. The van der Waals surface area contributed by atoms with Gasteiger partial charge in [-0.05, 0) is 42.0 Å². The molecule has 2 aromatic rings. The van der Waals surface area contributed by atoms with Crippen molar-refractivity contribution in [3.8, 4) is 0 Å². The fourth-order valence-corrected chi connectivity index (χ4v) is 3.85. The second-order valence-corrected chi connectivity index (χ2v) is 6.66. The fourth-order valence-electron chi connectivity index (χ4n) is 3.85. The molecule has 0 radical (unpaired) electrons. The molecule has 2 aliphatic heterocycles. The third kappa shape index (κ3) is 2.81. The van der Waals surface area contributed by atoms with Gasteiger partial charge in [-0.25, -0.2) is 4.79 Å². The zero-order valence-corrected chi connectivity index (χ0v) is 14.8. The standard InChI is InChI=1S/C20H21N3O3/c1-26-20(25)22-10-8-16-15(13-22)11-21-12-17(16)19(24)23-9-4-6-14-5-2-3-7-18(14)23/h2-3,5,7,11-12H,4,6,8-10,13H2,1H3. The lowest BCUT2D eigenvalue weighted by atomic mass is 9.95. The van der Waals surface area contributed by atoms with Crippen LogP contribution in [0.4, 0.5) is 10.5 Å². The molecule has 6 nitrogen and oxygen atoms in total. The highest BCUT2D eigenvalue weighted by molar-refractivity contribution is 6.07. The van der Waals surface area contributed by atoms with Crippen LogP contribution in [-0.4, -0.2) is 42.1 Å². The highest BCUT2D eigenvalue weighted by Crippen LogP contribution is 2.30. The molecule has 0 atom stereocenters. The van der Waals surface area contributed by atoms with E-state index in [0.717, 1.165) is 29.7 Å². The number of hydrogen-bond donors (Lipinski definition) is 0. The van der Waals surface area contributed by atoms with Crippen LogP contribution in [0.1, 0.15) is 33.5 Å². The monoisotopic (exact) mass is 351 g/mol. The number of amides is 2. The lowest BCUT2D eigenvalue weighted by Crippen LogP contribution is -2.39. The number of anilines is 1. The van der Waals surface area contributed by atoms with Crippen molar-refractivity contribution in [2.75, 3.05) is 25.1 Å².